The zero-order chi connectivity index (χ0) is 13.2. The van der Waals surface area contributed by atoms with Gasteiger partial charge in [0.1, 0.15) is 5.69 Å². The van der Waals surface area contributed by atoms with Crippen LogP contribution in [0.3, 0.4) is 0 Å². The lowest BCUT2D eigenvalue weighted by molar-refractivity contribution is 0.0983. The van der Waals surface area contributed by atoms with Gasteiger partial charge in [-0.2, -0.15) is 0 Å². The van der Waals surface area contributed by atoms with Crippen molar-refractivity contribution in [3.05, 3.63) is 48.3 Å². The SMILES string of the molecule is Nc1ccc2c(c1)N(C(=O)c1ccccn1)CCS2. The van der Waals surface area contributed by atoms with Gasteiger partial charge in [-0.3, -0.25) is 9.78 Å². The molecule has 2 N–H and O–H groups in total. The number of anilines is 2. The van der Waals surface area contributed by atoms with Gasteiger partial charge in [0, 0.05) is 29.1 Å². The van der Waals surface area contributed by atoms with Gasteiger partial charge in [-0.05, 0) is 30.3 Å². The Morgan fingerprint density at radius 1 is 1.32 bits per heavy atom. The summed E-state index contributed by atoms with van der Waals surface area (Å²) in [6.07, 6.45) is 1.63. The van der Waals surface area contributed by atoms with Crippen molar-refractivity contribution in [1.29, 1.82) is 0 Å². The van der Waals surface area contributed by atoms with E-state index in [0.717, 1.165) is 16.3 Å². The van der Waals surface area contributed by atoms with E-state index in [1.807, 2.05) is 24.3 Å². The summed E-state index contributed by atoms with van der Waals surface area (Å²) in [5, 5.41) is 0. The van der Waals surface area contributed by atoms with E-state index in [-0.39, 0.29) is 5.91 Å². The molecule has 96 valence electrons. The maximum atomic E-state index is 12.5. The van der Waals surface area contributed by atoms with Crippen LogP contribution in [-0.4, -0.2) is 23.2 Å². The number of nitrogens with two attached hydrogens (primary N) is 1. The Balaban J connectivity index is 2.00. The zero-order valence-corrected chi connectivity index (χ0v) is 11.1. The quantitative estimate of drug-likeness (QED) is 0.809. The zero-order valence-electron chi connectivity index (χ0n) is 10.2. The maximum absolute atomic E-state index is 12.5. The third-order valence-electron chi connectivity index (χ3n) is 2.98. The molecule has 0 spiro atoms. The standard InChI is InChI=1S/C14H13N3OS/c15-10-4-5-13-12(9-10)17(7-8-19-13)14(18)11-3-1-2-6-16-11/h1-6,9H,7-8,15H2. The molecule has 0 aliphatic carbocycles. The molecule has 0 atom stereocenters. The summed E-state index contributed by atoms with van der Waals surface area (Å²) in [6, 6.07) is 11.0. The number of carbonyl (C=O) groups is 1. The molecule has 1 aliphatic rings. The molecule has 19 heavy (non-hydrogen) atoms. The van der Waals surface area contributed by atoms with Crippen molar-refractivity contribution in [1.82, 2.24) is 4.98 Å². The lowest BCUT2D eigenvalue weighted by atomic mass is 10.2. The number of rotatable bonds is 1. The minimum Gasteiger partial charge on any atom is -0.399 e. The van der Waals surface area contributed by atoms with Crippen LogP contribution < -0.4 is 10.6 Å². The molecule has 1 aromatic heterocycles. The fourth-order valence-corrected chi connectivity index (χ4v) is 3.05. The van der Waals surface area contributed by atoms with Crippen molar-refractivity contribution in [2.24, 2.45) is 0 Å². The first-order chi connectivity index (χ1) is 9.25. The number of nitrogens with zero attached hydrogens (tertiary/aromatic N) is 2. The van der Waals surface area contributed by atoms with Crippen LogP contribution in [0.5, 0.6) is 0 Å². The average Bonchev–Trinajstić information content (AvgIpc) is 2.47. The molecule has 0 radical (unpaired) electrons. The molecule has 0 bridgehead atoms. The number of thioether (sulfide) groups is 1. The van der Waals surface area contributed by atoms with Gasteiger partial charge in [-0.15, -0.1) is 11.8 Å². The first kappa shape index (κ1) is 12.0. The molecule has 0 unspecified atom stereocenters. The summed E-state index contributed by atoms with van der Waals surface area (Å²) >= 11 is 1.74. The number of aromatic nitrogens is 1. The van der Waals surface area contributed by atoms with Crippen molar-refractivity contribution >= 4 is 29.0 Å². The second-order valence-electron chi connectivity index (χ2n) is 4.25. The minimum absolute atomic E-state index is 0.0762. The Bertz CT molecular complexity index is 615. The first-order valence-electron chi connectivity index (χ1n) is 6.01. The third kappa shape index (κ3) is 2.29. The van der Waals surface area contributed by atoms with Crippen molar-refractivity contribution in [2.45, 2.75) is 4.90 Å². The van der Waals surface area contributed by atoms with Gasteiger partial charge >= 0.3 is 0 Å². The number of carbonyl (C=O) groups excluding carboxylic acids is 1. The Morgan fingerprint density at radius 3 is 3.00 bits per heavy atom. The van der Waals surface area contributed by atoms with E-state index < -0.39 is 0 Å². The molecule has 1 aromatic carbocycles. The lowest BCUT2D eigenvalue weighted by Crippen LogP contribution is -2.35. The van der Waals surface area contributed by atoms with E-state index in [2.05, 4.69) is 4.98 Å². The van der Waals surface area contributed by atoms with Gasteiger partial charge in [0.15, 0.2) is 0 Å². The summed E-state index contributed by atoms with van der Waals surface area (Å²) in [7, 11) is 0. The van der Waals surface area contributed by atoms with Crippen molar-refractivity contribution in [2.75, 3.05) is 22.9 Å². The fourth-order valence-electron chi connectivity index (χ4n) is 2.07. The monoisotopic (exact) mass is 271 g/mol. The van der Waals surface area contributed by atoms with Crippen LogP contribution in [0.4, 0.5) is 11.4 Å². The largest absolute Gasteiger partial charge is 0.399 e. The van der Waals surface area contributed by atoms with Gasteiger partial charge < -0.3 is 10.6 Å². The van der Waals surface area contributed by atoms with Gasteiger partial charge in [-0.1, -0.05) is 6.07 Å². The first-order valence-corrected chi connectivity index (χ1v) is 6.99. The summed E-state index contributed by atoms with van der Waals surface area (Å²) in [5.41, 5.74) is 7.83. The number of benzene rings is 1. The molecule has 1 amide bonds. The fraction of sp³-hybridized carbons (Fsp3) is 0.143. The van der Waals surface area contributed by atoms with E-state index in [0.29, 0.717) is 17.9 Å². The smallest absolute Gasteiger partial charge is 0.276 e. The molecule has 0 fully saturated rings. The van der Waals surface area contributed by atoms with E-state index in [4.69, 9.17) is 5.73 Å². The van der Waals surface area contributed by atoms with Crippen LogP contribution >= 0.6 is 11.8 Å². The summed E-state index contributed by atoms with van der Waals surface area (Å²) in [5.74, 6) is 0.808. The summed E-state index contributed by atoms with van der Waals surface area (Å²) in [6.45, 7) is 0.677. The molecule has 2 heterocycles. The molecular weight excluding hydrogens is 258 g/mol. The van der Waals surface area contributed by atoms with E-state index >= 15 is 0 Å². The van der Waals surface area contributed by atoms with Crippen LogP contribution in [0.2, 0.25) is 0 Å². The van der Waals surface area contributed by atoms with Gasteiger partial charge in [0.05, 0.1) is 5.69 Å². The lowest BCUT2D eigenvalue weighted by Gasteiger charge is -2.29. The number of hydrogen-bond donors (Lipinski definition) is 1. The number of amides is 1. The topological polar surface area (TPSA) is 59.2 Å². The highest BCUT2D eigenvalue weighted by Crippen LogP contribution is 2.36. The minimum atomic E-state index is -0.0762. The summed E-state index contributed by atoms with van der Waals surface area (Å²) < 4.78 is 0. The Kier molecular flexibility index (Phi) is 3.13. The van der Waals surface area contributed by atoms with Crippen molar-refractivity contribution in [3.8, 4) is 0 Å². The van der Waals surface area contributed by atoms with Crippen LogP contribution in [0.1, 0.15) is 10.5 Å². The number of fused-ring (bicyclic) bond motifs is 1. The maximum Gasteiger partial charge on any atom is 0.276 e. The highest BCUT2D eigenvalue weighted by Gasteiger charge is 2.24. The van der Waals surface area contributed by atoms with Crippen molar-refractivity contribution < 1.29 is 4.79 Å². The van der Waals surface area contributed by atoms with Gasteiger partial charge in [0.25, 0.3) is 5.91 Å². The second-order valence-corrected chi connectivity index (χ2v) is 5.38. The number of hydrogen-bond acceptors (Lipinski definition) is 4. The van der Waals surface area contributed by atoms with Gasteiger partial charge in [-0.25, -0.2) is 0 Å². The molecule has 3 rings (SSSR count). The van der Waals surface area contributed by atoms with Crippen molar-refractivity contribution in [3.63, 3.8) is 0 Å². The molecule has 1 aliphatic heterocycles. The highest BCUT2D eigenvalue weighted by atomic mass is 32.2. The van der Waals surface area contributed by atoms with E-state index in [1.54, 1.807) is 35.0 Å². The predicted molar refractivity (Wildman–Crippen MR) is 77.5 cm³/mol. The molecular formula is C14H13N3OS. The van der Waals surface area contributed by atoms with E-state index in [9.17, 15) is 4.79 Å². The van der Waals surface area contributed by atoms with Gasteiger partial charge in [0.2, 0.25) is 0 Å². The molecule has 0 saturated carbocycles. The Hall–Kier alpha value is -2.01. The summed E-state index contributed by atoms with van der Waals surface area (Å²) in [4.78, 5) is 19.4. The van der Waals surface area contributed by atoms with Crippen LogP contribution in [0.15, 0.2) is 47.5 Å². The predicted octanol–water partition coefficient (Wildman–Crippen LogP) is 2.42. The molecule has 2 aromatic rings. The third-order valence-corrected chi connectivity index (χ3v) is 4.02. The molecule has 5 heteroatoms. The number of pyridine rings is 1. The normalized spacial score (nSPS) is 14.0. The number of nitrogen functional groups attached to an aromatic ring is 1. The Morgan fingerprint density at radius 2 is 2.21 bits per heavy atom. The molecule has 0 saturated heterocycles. The molecule has 4 nitrogen and oxygen atoms in total. The van der Waals surface area contributed by atoms with Crippen LogP contribution in [-0.2, 0) is 0 Å². The second kappa shape index (κ2) is 4.93. The highest BCUT2D eigenvalue weighted by molar-refractivity contribution is 7.99. The van der Waals surface area contributed by atoms with Crippen LogP contribution in [0.25, 0.3) is 0 Å². The average molecular weight is 271 g/mol. The van der Waals surface area contributed by atoms with E-state index in [1.165, 1.54) is 0 Å². The Labute approximate surface area is 115 Å². The van der Waals surface area contributed by atoms with Crippen LogP contribution in [0, 0.1) is 0 Å².